The molecule has 5 heteroatoms. The normalized spacial score (nSPS) is 10.3. The van der Waals surface area contributed by atoms with Crippen LogP contribution >= 0.6 is 0 Å². The summed E-state index contributed by atoms with van der Waals surface area (Å²) in [5.74, 6) is -0.763. The third-order valence-corrected chi connectivity index (χ3v) is 1.40. The molecule has 0 unspecified atom stereocenters. The van der Waals surface area contributed by atoms with Crippen molar-refractivity contribution >= 4 is 11.1 Å². The van der Waals surface area contributed by atoms with Gasteiger partial charge in [0.2, 0.25) is 0 Å². The molecule has 5 nitrogen and oxygen atoms in total. The Hall–Kier alpha value is -1.91. The maximum Gasteiger partial charge on any atom is 0.419 e. The van der Waals surface area contributed by atoms with E-state index in [2.05, 4.69) is 9.40 Å². The van der Waals surface area contributed by atoms with Gasteiger partial charge in [-0.25, -0.2) is 9.78 Å². The molecular weight excluding hydrogens is 160 g/mol. The van der Waals surface area contributed by atoms with Crippen molar-refractivity contribution in [1.29, 1.82) is 0 Å². The minimum absolute atomic E-state index is 0.136. The molecular formula is C7H4N2O3. The predicted molar refractivity (Wildman–Crippen MR) is 40.9 cm³/mol. The molecule has 1 N–H and O–H groups in total. The third kappa shape index (κ3) is 0.914. The summed E-state index contributed by atoms with van der Waals surface area (Å²) in [5, 5.41) is 0. The van der Waals surface area contributed by atoms with E-state index in [1.165, 1.54) is 12.3 Å². The van der Waals surface area contributed by atoms with Crippen LogP contribution in [0, 0.1) is 0 Å². The molecule has 0 aliphatic heterocycles. The maximum atomic E-state index is 11.0. The van der Waals surface area contributed by atoms with E-state index >= 15 is 0 Å². The number of aromatic amines is 1. The zero-order chi connectivity index (χ0) is 8.55. The minimum Gasteiger partial charge on any atom is -0.407 e. The van der Waals surface area contributed by atoms with Gasteiger partial charge >= 0.3 is 5.76 Å². The van der Waals surface area contributed by atoms with Gasteiger partial charge in [-0.3, -0.25) is 9.78 Å². The second-order valence-corrected chi connectivity index (χ2v) is 2.19. The number of pyridine rings is 1. The van der Waals surface area contributed by atoms with Crippen LogP contribution in [0.2, 0.25) is 0 Å². The van der Waals surface area contributed by atoms with Gasteiger partial charge in [0.25, 0.3) is 5.56 Å². The lowest BCUT2D eigenvalue weighted by Gasteiger charge is -1.90. The first kappa shape index (κ1) is 6.78. The van der Waals surface area contributed by atoms with Gasteiger partial charge in [0.15, 0.2) is 11.1 Å². The summed E-state index contributed by atoms with van der Waals surface area (Å²) < 4.78 is 4.67. The Morgan fingerprint density at radius 2 is 2.25 bits per heavy atom. The number of H-pyrrole nitrogens is 1. The fourth-order valence-electron chi connectivity index (χ4n) is 0.921. The molecule has 0 aliphatic rings. The predicted octanol–water partition coefficient (Wildman–Crippen LogP) is -0.124. The molecule has 0 aromatic carbocycles. The zero-order valence-electron chi connectivity index (χ0n) is 5.90. The van der Waals surface area contributed by atoms with E-state index in [0.717, 1.165) is 0 Å². The van der Waals surface area contributed by atoms with Crippen LogP contribution in [0.1, 0.15) is 0 Å². The lowest BCUT2D eigenvalue weighted by Crippen LogP contribution is -2.18. The first-order valence-corrected chi connectivity index (χ1v) is 3.25. The van der Waals surface area contributed by atoms with E-state index in [9.17, 15) is 9.59 Å². The van der Waals surface area contributed by atoms with Crippen molar-refractivity contribution < 1.29 is 4.42 Å². The van der Waals surface area contributed by atoms with Crippen molar-refractivity contribution in [3.8, 4) is 0 Å². The Morgan fingerprint density at radius 1 is 1.42 bits per heavy atom. The van der Waals surface area contributed by atoms with Crippen LogP contribution in [-0.2, 0) is 0 Å². The van der Waals surface area contributed by atoms with E-state index in [1.54, 1.807) is 6.07 Å². The molecule has 0 aliphatic carbocycles. The number of hydrogen-bond donors (Lipinski definition) is 1. The number of rotatable bonds is 0. The Bertz CT molecular complexity index is 526. The molecule has 0 radical (unpaired) electrons. The van der Waals surface area contributed by atoms with Crippen molar-refractivity contribution in [2.75, 3.05) is 0 Å². The summed E-state index contributed by atoms with van der Waals surface area (Å²) in [7, 11) is 0. The molecule has 0 atom stereocenters. The third-order valence-electron chi connectivity index (χ3n) is 1.40. The average molecular weight is 164 g/mol. The van der Waals surface area contributed by atoms with Crippen LogP contribution in [0.15, 0.2) is 32.3 Å². The van der Waals surface area contributed by atoms with Crippen molar-refractivity contribution in [2.45, 2.75) is 0 Å². The highest BCUT2D eigenvalue weighted by molar-refractivity contribution is 5.69. The Labute approximate surface area is 65.7 Å². The minimum atomic E-state index is -0.763. The van der Waals surface area contributed by atoms with Crippen LogP contribution in [0.4, 0.5) is 0 Å². The monoisotopic (exact) mass is 164 g/mol. The van der Waals surface area contributed by atoms with E-state index < -0.39 is 11.3 Å². The molecule has 2 aromatic rings. The van der Waals surface area contributed by atoms with Crippen LogP contribution in [0.5, 0.6) is 0 Å². The Balaban J connectivity index is 3.09. The molecule has 0 fully saturated rings. The maximum absolute atomic E-state index is 11.0. The van der Waals surface area contributed by atoms with Gasteiger partial charge in [0.05, 0.1) is 0 Å². The lowest BCUT2D eigenvalue weighted by molar-refractivity contribution is 0.526. The van der Waals surface area contributed by atoms with Gasteiger partial charge in [-0.05, 0) is 12.1 Å². The average Bonchev–Trinajstić information content (AvgIpc) is 2.04. The fourth-order valence-corrected chi connectivity index (χ4v) is 0.921. The standard InChI is InChI=1S/C7H4N2O3/c10-6-5-4(2-1-3-8-5)12-7(11)9-6/h1-3H,(H,9,10,11). The second-order valence-electron chi connectivity index (χ2n) is 2.19. The number of nitrogens with zero attached hydrogens (tertiary/aromatic N) is 1. The molecule has 0 saturated heterocycles. The van der Waals surface area contributed by atoms with Gasteiger partial charge in [-0.1, -0.05) is 0 Å². The van der Waals surface area contributed by atoms with Gasteiger partial charge < -0.3 is 4.42 Å². The topological polar surface area (TPSA) is 76.0 Å². The van der Waals surface area contributed by atoms with E-state index in [1.807, 2.05) is 4.98 Å². The van der Waals surface area contributed by atoms with Gasteiger partial charge in [-0.2, -0.15) is 0 Å². The summed E-state index contributed by atoms with van der Waals surface area (Å²) in [6.07, 6.45) is 1.46. The molecule has 12 heavy (non-hydrogen) atoms. The number of fused-ring (bicyclic) bond motifs is 1. The highest BCUT2D eigenvalue weighted by Crippen LogP contribution is 2.00. The van der Waals surface area contributed by atoms with E-state index in [-0.39, 0.29) is 11.1 Å². The number of aromatic nitrogens is 2. The summed E-state index contributed by atoms with van der Waals surface area (Å²) >= 11 is 0. The Kier molecular flexibility index (Phi) is 1.30. The van der Waals surface area contributed by atoms with Gasteiger partial charge in [0, 0.05) is 6.20 Å². The van der Waals surface area contributed by atoms with E-state index in [0.29, 0.717) is 0 Å². The molecule has 0 bridgehead atoms. The SMILES string of the molecule is O=c1[nH]c(=O)c2ncccc2o1. The first-order valence-electron chi connectivity index (χ1n) is 3.25. The van der Waals surface area contributed by atoms with Crippen LogP contribution in [0.3, 0.4) is 0 Å². The molecule has 0 spiro atoms. The summed E-state index contributed by atoms with van der Waals surface area (Å²) in [6, 6.07) is 3.10. The van der Waals surface area contributed by atoms with Gasteiger partial charge in [0.1, 0.15) is 0 Å². The van der Waals surface area contributed by atoms with Crippen LogP contribution in [-0.4, -0.2) is 9.97 Å². The molecule has 0 saturated carbocycles. The largest absolute Gasteiger partial charge is 0.419 e. The molecule has 2 rings (SSSR count). The smallest absolute Gasteiger partial charge is 0.407 e. The second kappa shape index (κ2) is 2.30. The number of nitrogens with one attached hydrogen (secondary N) is 1. The first-order chi connectivity index (χ1) is 5.77. The van der Waals surface area contributed by atoms with Crippen molar-refractivity contribution in [2.24, 2.45) is 0 Å². The molecule has 0 amide bonds. The molecule has 2 heterocycles. The quantitative estimate of drug-likeness (QED) is 0.588. The molecule has 2 aromatic heterocycles. The van der Waals surface area contributed by atoms with Gasteiger partial charge in [-0.15, -0.1) is 0 Å². The fraction of sp³-hybridized carbons (Fsp3) is 0. The van der Waals surface area contributed by atoms with Crippen LogP contribution in [0.25, 0.3) is 11.1 Å². The van der Waals surface area contributed by atoms with Crippen LogP contribution < -0.4 is 11.3 Å². The zero-order valence-corrected chi connectivity index (χ0v) is 5.90. The Morgan fingerprint density at radius 3 is 3.08 bits per heavy atom. The highest BCUT2D eigenvalue weighted by Gasteiger charge is 2.00. The van der Waals surface area contributed by atoms with Crippen molar-refractivity contribution in [3.63, 3.8) is 0 Å². The lowest BCUT2D eigenvalue weighted by atomic mass is 10.4. The molecule has 60 valence electrons. The van der Waals surface area contributed by atoms with Crippen molar-refractivity contribution in [1.82, 2.24) is 9.97 Å². The number of hydrogen-bond acceptors (Lipinski definition) is 4. The summed E-state index contributed by atoms with van der Waals surface area (Å²) in [5.41, 5.74) is -0.190. The summed E-state index contributed by atoms with van der Waals surface area (Å²) in [6.45, 7) is 0. The van der Waals surface area contributed by atoms with E-state index in [4.69, 9.17) is 0 Å². The summed E-state index contributed by atoms with van der Waals surface area (Å²) in [4.78, 5) is 27.4. The van der Waals surface area contributed by atoms with Crippen molar-refractivity contribution in [3.05, 3.63) is 39.2 Å². The highest BCUT2D eigenvalue weighted by atomic mass is 16.4.